The number of nitrogens with one attached hydrogen (secondary N) is 2. The third-order valence-electron chi connectivity index (χ3n) is 4.31. The standard InChI is InChI=1S/C21H22N2O2.BrH/c1-15-18(19-4-2-3-5-20(19)23-15)12-13-22-14-17-8-6-16(7-9-17)10-11-21(24)25;/h2-11,22-23H,12-14H2,1H3,(H,24,25);1H. The highest BCUT2D eigenvalue weighted by atomic mass is 79.9. The van der Waals surface area contributed by atoms with Gasteiger partial charge in [0.25, 0.3) is 0 Å². The van der Waals surface area contributed by atoms with E-state index in [1.807, 2.05) is 24.3 Å². The molecule has 4 nitrogen and oxygen atoms in total. The fourth-order valence-electron chi connectivity index (χ4n) is 3.02. The third-order valence-corrected chi connectivity index (χ3v) is 4.31. The molecule has 3 aromatic rings. The monoisotopic (exact) mass is 414 g/mol. The summed E-state index contributed by atoms with van der Waals surface area (Å²) in [5.41, 5.74) is 5.87. The van der Waals surface area contributed by atoms with E-state index in [1.54, 1.807) is 6.08 Å². The predicted molar refractivity (Wildman–Crippen MR) is 112 cm³/mol. The number of aromatic nitrogens is 1. The molecule has 2 aromatic carbocycles. The number of carbonyl (C=O) groups is 1. The summed E-state index contributed by atoms with van der Waals surface area (Å²) in [6.07, 6.45) is 3.73. The average Bonchev–Trinajstić information content (AvgIpc) is 2.93. The van der Waals surface area contributed by atoms with Gasteiger partial charge in [0.2, 0.25) is 0 Å². The lowest BCUT2D eigenvalue weighted by Crippen LogP contribution is -2.16. The van der Waals surface area contributed by atoms with E-state index in [2.05, 4.69) is 41.5 Å². The average molecular weight is 415 g/mol. The van der Waals surface area contributed by atoms with Crippen molar-refractivity contribution in [3.63, 3.8) is 0 Å². The Kier molecular flexibility index (Phi) is 7.18. The van der Waals surface area contributed by atoms with Gasteiger partial charge < -0.3 is 15.4 Å². The lowest BCUT2D eigenvalue weighted by Gasteiger charge is -2.06. The number of hydrogen-bond acceptors (Lipinski definition) is 2. The van der Waals surface area contributed by atoms with Gasteiger partial charge in [-0.25, -0.2) is 4.79 Å². The third kappa shape index (κ3) is 5.07. The van der Waals surface area contributed by atoms with Crippen molar-refractivity contribution >= 4 is 39.9 Å². The van der Waals surface area contributed by atoms with Gasteiger partial charge >= 0.3 is 5.97 Å². The van der Waals surface area contributed by atoms with Crippen LogP contribution in [0.5, 0.6) is 0 Å². The summed E-state index contributed by atoms with van der Waals surface area (Å²) < 4.78 is 0. The van der Waals surface area contributed by atoms with Crippen LogP contribution >= 0.6 is 17.0 Å². The van der Waals surface area contributed by atoms with Crippen molar-refractivity contribution in [2.45, 2.75) is 19.9 Å². The molecule has 3 N–H and O–H groups in total. The summed E-state index contributed by atoms with van der Waals surface area (Å²) in [7, 11) is 0. The number of aromatic amines is 1. The molecule has 136 valence electrons. The van der Waals surface area contributed by atoms with Crippen LogP contribution in [0.15, 0.2) is 54.6 Å². The molecule has 0 spiro atoms. The highest BCUT2D eigenvalue weighted by molar-refractivity contribution is 8.93. The van der Waals surface area contributed by atoms with Crippen LogP contribution in [0.1, 0.15) is 22.4 Å². The lowest BCUT2D eigenvalue weighted by atomic mass is 10.1. The van der Waals surface area contributed by atoms with Crippen LogP contribution in [-0.2, 0) is 17.8 Å². The molecule has 5 heteroatoms. The number of para-hydroxylation sites is 1. The molecule has 1 aromatic heterocycles. The summed E-state index contributed by atoms with van der Waals surface area (Å²) in [5, 5.41) is 13.4. The summed E-state index contributed by atoms with van der Waals surface area (Å²) in [5.74, 6) is -0.932. The van der Waals surface area contributed by atoms with E-state index in [-0.39, 0.29) is 17.0 Å². The van der Waals surface area contributed by atoms with E-state index in [4.69, 9.17) is 5.11 Å². The minimum absolute atomic E-state index is 0. The molecule has 0 aliphatic heterocycles. The molecule has 0 amide bonds. The van der Waals surface area contributed by atoms with Crippen molar-refractivity contribution in [2.75, 3.05) is 6.54 Å². The number of carboxylic acid groups (broad SMARTS) is 1. The minimum Gasteiger partial charge on any atom is -0.478 e. The molecular weight excluding hydrogens is 392 g/mol. The Morgan fingerprint density at radius 1 is 1.15 bits per heavy atom. The minimum atomic E-state index is -0.932. The van der Waals surface area contributed by atoms with E-state index in [0.29, 0.717) is 0 Å². The SMILES string of the molecule is Br.Cc1[nH]c2ccccc2c1CCNCc1ccc(C=CC(=O)O)cc1. The molecule has 0 unspecified atom stereocenters. The number of H-pyrrole nitrogens is 1. The molecule has 0 saturated carbocycles. The summed E-state index contributed by atoms with van der Waals surface area (Å²) in [4.78, 5) is 14.0. The summed E-state index contributed by atoms with van der Waals surface area (Å²) in [6, 6.07) is 16.3. The molecular formula is C21H23BrN2O2. The molecule has 0 bridgehead atoms. The first kappa shape index (κ1) is 19.9. The second kappa shape index (κ2) is 9.36. The number of carboxylic acids is 1. The maximum atomic E-state index is 10.5. The van der Waals surface area contributed by atoms with Crippen LogP contribution in [0.2, 0.25) is 0 Å². The topological polar surface area (TPSA) is 65.1 Å². The highest BCUT2D eigenvalue weighted by Gasteiger charge is 2.07. The van der Waals surface area contributed by atoms with Crippen LogP contribution in [0, 0.1) is 6.92 Å². The van der Waals surface area contributed by atoms with Gasteiger partial charge in [-0.15, -0.1) is 17.0 Å². The normalized spacial score (nSPS) is 11.0. The van der Waals surface area contributed by atoms with Crippen molar-refractivity contribution in [1.82, 2.24) is 10.3 Å². The highest BCUT2D eigenvalue weighted by Crippen LogP contribution is 2.21. The summed E-state index contributed by atoms with van der Waals surface area (Å²) >= 11 is 0. The van der Waals surface area contributed by atoms with Gasteiger partial charge in [0.05, 0.1) is 0 Å². The van der Waals surface area contributed by atoms with Gasteiger partial charge in [-0.05, 0) is 48.7 Å². The van der Waals surface area contributed by atoms with Gasteiger partial charge in [0, 0.05) is 29.2 Å². The van der Waals surface area contributed by atoms with Gasteiger partial charge in [-0.3, -0.25) is 0 Å². The van der Waals surface area contributed by atoms with E-state index in [1.165, 1.54) is 27.7 Å². The Hall–Kier alpha value is -2.37. The first-order valence-corrected chi connectivity index (χ1v) is 8.40. The Bertz CT molecular complexity index is 898. The lowest BCUT2D eigenvalue weighted by molar-refractivity contribution is -0.131. The zero-order valence-corrected chi connectivity index (χ0v) is 16.4. The Morgan fingerprint density at radius 3 is 2.62 bits per heavy atom. The maximum absolute atomic E-state index is 10.5. The number of rotatable bonds is 7. The van der Waals surface area contributed by atoms with Crippen molar-refractivity contribution in [1.29, 1.82) is 0 Å². The number of aryl methyl sites for hydroxylation is 1. The van der Waals surface area contributed by atoms with Crippen LogP contribution in [0.25, 0.3) is 17.0 Å². The van der Waals surface area contributed by atoms with Gasteiger partial charge in [-0.1, -0.05) is 42.5 Å². The molecule has 1 heterocycles. The Labute approximate surface area is 163 Å². The smallest absolute Gasteiger partial charge is 0.328 e. The fourth-order valence-corrected chi connectivity index (χ4v) is 3.02. The molecule has 26 heavy (non-hydrogen) atoms. The van der Waals surface area contributed by atoms with E-state index in [9.17, 15) is 4.79 Å². The van der Waals surface area contributed by atoms with E-state index < -0.39 is 5.97 Å². The zero-order chi connectivity index (χ0) is 17.6. The van der Waals surface area contributed by atoms with Crippen LogP contribution in [0.4, 0.5) is 0 Å². The van der Waals surface area contributed by atoms with E-state index >= 15 is 0 Å². The van der Waals surface area contributed by atoms with Crippen molar-refractivity contribution in [3.05, 3.63) is 77.0 Å². The van der Waals surface area contributed by atoms with Gasteiger partial charge in [0.15, 0.2) is 0 Å². The van der Waals surface area contributed by atoms with Crippen LogP contribution in [0.3, 0.4) is 0 Å². The number of fused-ring (bicyclic) bond motifs is 1. The molecule has 0 fully saturated rings. The maximum Gasteiger partial charge on any atom is 0.328 e. The quantitative estimate of drug-likeness (QED) is 0.394. The predicted octanol–water partition coefficient (Wildman–Crippen LogP) is 4.48. The second-order valence-electron chi connectivity index (χ2n) is 6.11. The molecule has 0 saturated heterocycles. The fraction of sp³-hybridized carbons (Fsp3) is 0.190. The molecule has 0 aliphatic rings. The van der Waals surface area contributed by atoms with Crippen molar-refractivity contribution < 1.29 is 9.90 Å². The van der Waals surface area contributed by atoms with E-state index in [0.717, 1.165) is 31.1 Å². The number of benzene rings is 2. The van der Waals surface area contributed by atoms with Gasteiger partial charge in [0.1, 0.15) is 0 Å². The molecule has 3 rings (SSSR count). The first-order chi connectivity index (χ1) is 12.1. The summed E-state index contributed by atoms with van der Waals surface area (Å²) in [6.45, 7) is 3.83. The van der Waals surface area contributed by atoms with Crippen LogP contribution in [-0.4, -0.2) is 22.6 Å². The molecule has 0 atom stereocenters. The second-order valence-corrected chi connectivity index (χ2v) is 6.11. The Morgan fingerprint density at radius 2 is 1.88 bits per heavy atom. The molecule has 0 radical (unpaired) electrons. The molecule has 0 aliphatic carbocycles. The van der Waals surface area contributed by atoms with Crippen molar-refractivity contribution in [2.24, 2.45) is 0 Å². The number of aliphatic carboxylic acids is 1. The Balaban J connectivity index is 0.00000243. The van der Waals surface area contributed by atoms with Gasteiger partial charge in [-0.2, -0.15) is 0 Å². The number of halogens is 1. The number of hydrogen-bond donors (Lipinski definition) is 3. The zero-order valence-electron chi connectivity index (χ0n) is 14.7. The van der Waals surface area contributed by atoms with Crippen LogP contribution < -0.4 is 5.32 Å². The first-order valence-electron chi connectivity index (χ1n) is 8.40. The largest absolute Gasteiger partial charge is 0.478 e. The van der Waals surface area contributed by atoms with Crippen molar-refractivity contribution in [3.8, 4) is 0 Å².